The number of hydrogen-bond acceptors (Lipinski definition) is 5. The topological polar surface area (TPSA) is 42.0 Å². The largest absolute Gasteiger partial charge is 0.383 e. The van der Waals surface area contributed by atoms with Crippen molar-refractivity contribution in [2.24, 2.45) is 0 Å². The molecule has 0 N–H and O–H groups in total. The van der Waals surface area contributed by atoms with Crippen molar-refractivity contribution in [1.82, 2.24) is 9.80 Å². The minimum atomic E-state index is 0.162. The van der Waals surface area contributed by atoms with Crippen LogP contribution in [0.15, 0.2) is 11.4 Å². The second-order valence-corrected chi connectivity index (χ2v) is 7.06. The number of piperidine rings is 1. The Labute approximate surface area is 135 Å². The third-order valence-electron chi connectivity index (χ3n) is 4.66. The molecule has 0 radical (unpaired) electrons. The molecule has 2 saturated heterocycles. The first-order chi connectivity index (χ1) is 10.7. The van der Waals surface area contributed by atoms with Gasteiger partial charge in [0.1, 0.15) is 0 Å². The summed E-state index contributed by atoms with van der Waals surface area (Å²) in [4.78, 5) is 18.2. The van der Waals surface area contributed by atoms with Crippen molar-refractivity contribution in [2.45, 2.75) is 25.5 Å². The minimum absolute atomic E-state index is 0.162. The number of ether oxygens (including phenoxy) is 2. The second kappa shape index (κ2) is 7.08. The average molecular weight is 324 g/mol. The number of fused-ring (bicyclic) bond motifs is 1. The molecule has 5 nitrogen and oxygen atoms in total. The molecule has 3 rings (SSSR count). The quantitative estimate of drug-likeness (QED) is 0.844. The maximum Gasteiger partial charge on any atom is 0.255 e. The van der Waals surface area contributed by atoms with E-state index in [1.807, 2.05) is 23.3 Å². The molecule has 122 valence electrons. The molecule has 22 heavy (non-hydrogen) atoms. The van der Waals surface area contributed by atoms with Gasteiger partial charge in [-0.05, 0) is 24.8 Å². The Morgan fingerprint density at radius 2 is 2.36 bits per heavy atom. The van der Waals surface area contributed by atoms with Crippen molar-refractivity contribution in [1.29, 1.82) is 0 Å². The lowest BCUT2D eigenvalue weighted by Gasteiger charge is -2.47. The van der Waals surface area contributed by atoms with Gasteiger partial charge in [0, 0.05) is 38.2 Å². The van der Waals surface area contributed by atoms with Crippen LogP contribution in [0.3, 0.4) is 0 Å². The first kappa shape index (κ1) is 15.9. The van der Waals surface area contributed by atoms with Gasteiger partial charge in [0.25, 0.3) is 5.91 Å². The zero-order valence-electron chi connectivity index (χ0n) is 13.3. The Balaban J connectivity index is 1.69. The van der Waals surface area contributed by atoms with Crippen LogP contribution in [0.1, 0.15) is 21.7 Å². The Hall–Kier alpha value is -0.950. The minimum Gasteiger partial charge on any atom is -0.383 e. The molecule has 0 aromatic carbocycles. The third-order valence-corrected chi connectivity index (χ3v) is 5.50. The number of carbonyl (C=O) groups excluding carboxylic acids is 1. The average Bonchev–Trinajstić information content (AvgIpc) is 2.97. The highest BCUT2D eigenvalue weighted by atomic mass is 32.1. The summed E-state index contributed by atoms with van der Waals surface area (Å²) < 4.78 is 11.1. The van der Waals surface area contributed by atoms with Crippen LogP contribution in [0, 0.1) is 6.92 Å². The van der Waals surface area contributed by atoms with Crippen LogP contribution < -0.4 is 0 Å². The molecule has 2 fully saturated rings. The second-order valence-electron chi connectivity index (χ2n) is 5.94. The first-order valence-corrected chi connectivity index (χ1v) is 8.76. The highest BCUT2D eigenvalue weighted by molar-refractivity contribution is 7.10. The number of nitrogens with zero attached hydrogens (tertiary/aromatic N) is 2. The van der Waals surface area contributed by atoms with Gasteiger partial charge in [-0.1, -0.05) is 0 Å². The van der Waals surface area contributed by atoms with Crippen LogP contribution in [0.5, 0.6) is 0 Å². The van der Waals surface area contributed by atoms with E-state index in [-0.39, 0.29) is 12.0 Å². The number of morpholine rings is 1. The van der Waals surface area contributed by atoms with E-state index in [0.717, 1.165) is 56.3 Å². The van der Waals surface area contributed by atoms with E-state index in [1.54, 1.807) is 18.4 Å². The molecule has 0 aliphatic carbocycles. The van der Waals surface area contributed by atoms with Crippen molar-refractivity contribution >= 4 is 17.2 Å². The number of carbonyl (C=O) groups is 1. The van der Waals surface area contributed by atoms with Gasteiger partial charge in [-0.25, -0.2) is 0 Å². The molecule has 0 saturated carbocycles. The van der Waals surface area contributed by atoms with E-state index >= 15 is 0 Å². The third kappa shape index (κ3) is 3.20. The van der Waals surface area contributed by atoms with E-state index in [9.17, 15) is 4.79 Å². The summed E-state index contributed by atoms with van der Waals surface area (Å²) in [5.41, 5.74) is 0.851. The van der Waals surface area contributed by atoms with Crippen molar-refractivity contribution < 1.29 is 14.3 Å². The van der Waals surface area contributed by atoms with E-state index in [2.05, 4.69) is 4.90 Å². The summed E-state index contributed by atoms with van der Waals surface area (Å²) >= 11 is 1.63. The predicted molar refractivity (Wildman–Crippen MR) is 86.6 cm³/mol. The number of methoxy groups -OCH3 is 1. The number of amides is 1. The summed E-state index contributed by atoms with van der Waals surface area (Å²) in [5.74, 6) is 0.162. The highest BCUT2D eigenvalue weighted by Gasteiger charge is 2.38. The summed E-state index contributed by atoms with van der Waals surface area (Å²) in [7, 11) is 1.73. The Bertz CT molecular complexity index is 519. The predicted octanol–water partition coefficient (Wildman–Crippen LogP) is 1.62. The smallest absolute Gasteiger partial charge is 0.255 e. The van der Waals surface area contributed by atoms with Crippen LogP contribution >= 0.6 is 11.3 Å². The Kier molecular flexibility index (Phi) is 5.13. The maximum absolute atomic E-state index is 12.7. The molecular weight excluding hydrogens is 300 g/mol. The molecular formula is C16H24N2O3S. The van der Waals surface area contributed by atoms with Gasteiger partial charge in [-0.3, -0.25) is 9.69 Å². The highest BCUT2D eigenvalue weighted by Crippen LogP contribution is 2.25. The van der Waals surface area contributed by atoms with Crippen molar-refractivity contribution in [3.8, 4) is 0 Å². The molecule has 1 aromatic rings. The number of thiophene rings is 1. The van der Waals surface area contributed by atoms with Crippen molar-refractivity contribution in [2.75, 3.05) is 46.5 Å². The number of rotatable bonds is 4. The van der Waals surface area contributed by atoms with Crippen LogP contribution in [0.25, 0.3) is 0 Å². The van der Waals surface area contributed by atoms with Gasteiger partial charge in [0.05, 0.1) is 30.9 Å². The molecule has 0 bridgehead atoms. The fourth-order valence-corrected chi connectivity index (χ4v) is 4.08. The SMILES string of the molecule is COCCN1CCO[C@H]2CCN(C(=O)c3ccsc3C)C[C@@H]21. The molecule has 0 spiro atoms. The Morgan fingerprint density at radius 1 is 1.50 bits per heavy atom. The molecule has 1 aromatic heterocycles. The zero-order valence-corrected chi connectivity index (χ0v) is 14.1. The summed E-state index contributed by atoms with van der Waals surface area (Å²) in [6, 6.07) is 2.23. The maximum atomic E-state index is 12.7. The molecule has 2 aliphatic rings. The number of aryl methyl sites for hydroxylation is 1. The molecule has 0 unspecified atom stereocenters. The van der Waals surface area contributed by atoms with Gasteiger partial charge in [-0.15, -0.1) is 11.3 Å². The zero-order chi connectivity index (χ0) is 15.5. The van der Waals surface area contributed by atoms with Crippen LogP contribution in [0.4, 0.5) is 0 Å². The molecule has 2 atom stereocenters. The van der Waals surface area contributed by atoms with Gasteiger partial charge < -0.3 is 14.4 Å². The molecule has 6 heteroatoms. The van der Waals surface area contributed by atoms with Crippen LogP contribution in [0.2, 0.25) is 0 Å². The summed E-state index contributed by atoms with van der Waals surface area (Å²) in [6.07, 6.45) is 1.17. The van der Waals surface area contributed by atoms with Gasteiger partial charge in [0.2, 0.25) is 0 Å². The monoisotopic (exact) mass is 324 g/mol. The fourth-order valence-electron chi connectivity index (χ4n) is 3.39. The summed E-state index contributed by atoms with van der Waals surface area (Å²) in [5, 5.41) is 1.99. The number of likely N-dealkylation sites (tertiary alicyclic amines) is 1. The lowest BCUT2D eigenvalue weighted by molar-refractivity contribution is -0.101. The normalized spacial score (nSPS) is 26.0. The van der Waals surface area contributed by atoms with Crippen molar-refractivity contribution in [3.05, 3.63) is 21.9 Å². The lowest BCUT2D eigenvalue weighted by Crippen LogP contribution is -2.61. The van der Waals surface area contributed by atoms with Gasteiger partial charge >= 0.3 is 0 Å². The van der Waals surface area contributed by atoms with E-state index in [4.69, 9.17) is 9.47 Å². The van der Waals surface area contributed by atoms with Crippen molar-refractivity contribution in [3.63, 3.8) is 0 Å². The number of hydrogen-bond donors (Lipinski definition) is 0. The van der Waals surface area contributed by atoms with E-state index in [0.29, 0.717) is 6.04 Å². The van der Waals surface area contributed by atoms with Crippen LogP contribution in [-0.2, 0) is 9.47 Å². The van der Waals surface area contributed by atoms with E-state index < -0.39 is 0 Å². The lowest BCUT2D eigenvalue weighted by atomic mass is 9.98. The standard InChI is InChI=1S/C16H24N2O3S/c1-12-13(4-10-22-12)16(19)18-5-3-15-14(11-18)17(6-8-20-2)7-9-21-15/h4,10,14-15H,3,5-9,11H2,1-2H3/t14-,15-/m0/s1. The fraction of sp³-hybridized carbons (Fsp3) is 0.688. The van der Waals surface area contributed by atoms with E-state index in [1.165, 1.54) is 0 Å². The van der Waals surface area contributed by atoms with Crippen LogP contribution in [-0.4, -0.2) is 74.4 Å². The van der Waals surface area contributed by atoms with Gasteiger partial charge in [-0.2, -0.15) is 0 Å². The summed E-state index contributed by atoms with van der Waals surface area (Å²) in [6.45, 7) is 6.88. The molecule has 2 aliphatic heterocycles. The first-order valence-electron chi connectivity index (χ1n) is 7.88. The Morgan fingerprint density at radius 3 is 3.09 bits per heavy atom. The van der Waals surface area contributed by atoms with Gasteiger partial charge in [0.15, 0.2) is 0 Å². The molecule has 1 amide bonds. The molecule has 3 heterocycles.